The number of carbonyl (C=O) groups excluding carboxylic acids is 2. The number of amides is 2. The first-order chi connectivity index (χ1) is 69.6. The van der Waals surface area contributed by atoms with Crippen LogP contribution in [0.2, 0.25) is 0 Å². The highest BCUT2D eigenvalue weighted by atomic mass is 32.1. The molecule has 0 aliphatic carbocycles. The number of imidazole rings is 2. The lowest BCUT2D eigenvalue weighted by atomic mass is 10.0. The maximum atomic E-state index is 12.7. The lowest BCUT2D eigenvalue weighted by molar-refractivity contribution is 0.0383. The number of morpholine rings is 1. The highest BCUT2D eigenvalue weighted by Gasteiger charge is 2.22. The number of aromatic nitrogens is 13. The first-order valence-corrected chi connectivity index (χ1v) is 48.2. The molecule has 23 rings (SSSR count). The largest absolute Gasteiger partial charge is 0.388 e. The Morgan fingerprint density at radius 2 is 0.771 bits per heavy atom. The van der Waals surface area contributed by atoms with Crippen molar-refractivity contribution < 1.29 is 14.3 Å². The number of pyridine rings is 8. The second-order valence-corrected chi connectivity index (χ2v) is 36.7. The first kappa shape index (κ1) is 100. The lowest BCUT2D eigenvalue weighted by Crippen LogP contribution is -2.41. The van der Waals surface area contributed by atoms with Gasteiger partial charge in [0.05, 0.1) is 74.8 Å². The van der Waals surface area contributed by atoms with E-state index in [9.17, 15) is 47.9 Å². The van der Waals surface area contributed by atoms with Gasteiger partial charge in [-0.3, -0.25) is 57.7 Å². The van der Waals surface area contributed by atoms with E-state index in [1.807, 2.05) is 197 Å². The molecule has 0 saturated carbocycles. The van der Waals surface area contributed by atoms with Crippen molar-refractivity contribution in [3.8, 4) is 22.3 Å². The first-order valence-electron chi connectivity index (χ1n) is 47.4. The Labute approximate surface area is 831 Å². The molecule has 32 nitrogen and oxygen atoms in total. The molecule has 2 saturated heterocycles. The average molecular weight is 1950 g/mol. The quantitative estimate of drug-likeness (QED) is 0.0564. The lowest BCUT2D eigenvalue weighted by Gasteiger charge is -2.26. The molecule has 144 heavy (non-hydrogen) atoms. The number of H-pyrrole nitrogens is 2. The smallest absolute Gasteiger partial charge is 0.258 e. The minimum atomic E-state index is -0.165. The number of rotatable bonds is 13. The van der Waals surface area contributed by atoms with Gasteiger partial charge in [-0.05, 0) is 221 Å². The summed E-state index contributed by atoms with van der Waals surface area (Å²) in [6.07, 6.45) is 19.9. The SMILES string of the molecule is CN1Cc2cc3ccn(C)c(=O)c3cc2C1.CNc1ccc2c(=O)n(C)cc(-c3ccccc3)c2c1.CNc1ccc2c(=O)n(C)cc(C(=O)NCCN3CCCC3)c2c1.CNc1ccc2c(=O)n(C)cc(C(=O)NCCN3CCOCC3)c2c1.Cn1cc(-c2ccccc2)ccc1=O.Cn1ccc2cc3[nH]cnc3cc2c1=O.Cn1ccc2cc3[nH]cnc3cc2c1=O.Cn1ccc2cc3ncsc3cc2c1=O. The molecule has 3 aliphatic heterocycles. The number of likely N-dealkylation sites (tertiary alicyclic amines) is 1. The van der Waals surface area contributed by atoms with E-state index in [1.54, 1.807) is 162 Å². The number of anilines is 3. The Kier molecular flexibility index (Phi) is 31.6. The van der Waals surface area contributed by atoms with E-state index < -0.39 is 0 Å². The Morgan fingerprint density at radius 1 is 0.361 bits per heavy atom. The summed E-state index contributed by atoms with van der Waals surface area (Å²) in [5.74, 6) is -0.301. The number of hydrogen-bond acceptors (Lipinski definition) is 21. The molecule has 0 radical (unpaired) electrons. The summed E-state index contributed by atoms with van der Waals surface area (Å²) in [7, 11) is 21.5. The molecule has 11 aromatic heterocycles. The van der Waals surface area contributed by atoms with E-state index in [0.29, 0.717) is 56.5 Å². The van der Waals surface area contributed by atoms with E-state index in [4.69, 9.17) is 4.74 Å². The summed E-state index contributed by atoms with van der Waals surface area (Å²) in [6, 6.07) is 63.7. The van der Waals surface area contributed by atoms with Crippen molar-refractivity contribution >= 4 is 148 Å². The summed E-state index contributed by atoms with van der Waals surface area (Å²) in [4.78, 5) is 146. The Hall–Kier alpha value is -16.6. The molecule has 20 aromatic rings. The summed E-state index contributed by atoms with van der Waals surface area (Å²) in [5.41, 5.74) is 17.1. The Balaban J connectivity index is 0.000000119. The van der Waals surface area contributed by atoms with Crippen LogP contribution in [0.3, 0.4) is 0 Å². The maximum absolute atomic E-state index is 12.7. The molecule has 3 aliphatic rings. The Morgan fingerprint density at radius 3 is 1.24 bits per heavy atom. The third kappa shape index (κ3) is 23.0. The fourth-order valence-corrected chi connectivity index (χ4v) is 18.5. The summed E-state index contributed by atoms with van der Waals surface area (Å²) in [6.45, 7) is 10.3. The van der Waals surface area contributed by atoms with Crippen LogP contribution in [0.15, 0.2) is 306 Å². The Bertz CT molecular complexity index is 8400. The van der Waals surface area contributed by atoms with Gasteiger partial charge in [-0.15, -0.1) is 11.3 Å². The van der Waals surface area contributed by atoms with Crippen molar-refractivity contribution in [2.75, 3.05) is 110 Å². The number of thiazole rings is 1. The zero-order valence-corrected chi connectivity index (χ0v) is 83.3. The molecule has 9 aromatic carbocycles. The van der Waals surface area contributed by atoms with Gasteiger partial charge in [0, 0.05) is 257 Å². The number of fused-ring (bicyclic) bond motifs is 11. The van der Waals surface area contributed by atoms with Gasteiger partial charge in [-0.2, -0.15) is 0 Å². The third-order valence-corrected chi connectivity index (χ3v) is 26.8. The van der Waals surface area contributed by atoms with Crippen molar-refractivity contribution in [1.82, 2.24) is 86.8 Å². The second kappa shape index (κ2) is 45.3. The summed E-state index contributed by atoms with van der Waals surface area (Å²) < 4.78 is 18.9. The molecule has 0 atom stereocenters. The van der Waals surface area contributed by atoms with E-state index in [1.165, 1.54) is 33.1 Å². The molecule has 7 N–H and O–H groups in total. The van der Waals surface area contributed by atoms with E-state index in [-0.39, 0.29) is 56.3 Å². The average Bonchev–Trinajstić information content (AvgIpc) is 0.881. The number of benzene rings is 9. The zero-order chi connectivity index (χ0) is 102. The number of nitrogens with one attached hydrogen (secondary N) is 7. The van der Waals surface area contributed by atoms with E-state index in [0.717, 1.165) is 180 Å². The minimum absolute atomic E-state index is 0.0115. The number of aryl methyl sites for hydroxylation is 8. The number of nitrogens with zero attached hydrogens (tertiary/aromatic N) is 14. The molecular weight excluding hydrogens is 1840 g/mol. The van der Waals surface area contributed by atoms with Gasteiger partial charge in [0.2, 0.25) is 5.56 Å². The van der Waals surface area contributed by atoms with Crippen molar-refractivity contribution in [2.45, 2.75) is 25.9 Å². The zero-order valence-electron chi connectivity index (χ0n) is 82.5. The van der Waals surface area contributed by atoms with Crippen LogP contribution in [0.4, 0.5) is 17.1 Å². The standard InChI is InChI=1S/C18H24N4O3.C18H24N4O2.C17H16N2O.C13H14N2O.C12H11NO.2C11H9N3O.C11H8N2OS/c1-19-13-3-4-14-15(11-13)16(12-21(2)18(14)24)17(23)20-5-6-22-7-9-25-10-8-22;1-19-13-5-6-14-15(11-13)16(12-21(2)18(14)24)17(23)20-7-10-22-8-3-4-9-22;1-18-13-8-9-14-15(10-13)16(11-19(2)17(14)20)12-6-4-3-5-7-12;1-14-7-10-5-9-3-4-15(2)13(16)12(9)6-11(10)8-14;1-13-9-11(7-8-12(13)14)10-5-3-2-4-6-10;2*1-14-3-2-7-4-9-10(13-6-12-9)5-8(7)11(14)15;1-13-3-2-7-4-9-10(15-6-12-9)5-8(7)11(13)14/h3-4,11-12,19H,5-10H2,1-2H3,(H,20,23);5-6,11-12,19H,3-4,7-10H2,1-2H3,(H,20,23);3-11,18H,1-2H3;3-6H,7-8H2,1-2H3;2-9H,1H3;2*2-6H,1H3,(H,12,13);2-6H,1H3. The van der Waals surface area contributed by atoms with Crippen LogP contribution in [-0.2, 0) is 74.2 Å². The van der Waals surface area contributed by atoms with Crippen LogP contribution in [0.5, 0.6) is 0 Å². The number of aromatic amines is 2. The van der Waals surface area contributed by atoms with Gasteiger partial charge in [0.15, 0.2) is 0 Å². The molecule has 0 spiro atoms. The minimum Gasteiger partial charge on any atom is -0.388 e. The number of ether oxygens (including phenoxy) is 1. The molecule has 33 heteroatoms. The van der Waals surface area contributed by atoms with Crippen LogP contribution in [0.25, 0.3) is 130 Å². The second-order valence-electron chi connectivity index (χ2n) is 35.8. The highest BCUT2D eigenvalue weighted by Crippen LogP contribution is 2.32. The highest BCUT2D eigenvalue weighted by molar-refractivity contribution is 7.16. The van der Waals surface area contributed by atoms with Crippen molar-refractivity contribution in [2.24, 2.45) is 56.4 Å². The van der Waals surface area contributed by atoms with Gasteiger partial charge in [0.25, 0.3) is 50.7 Å². The fraction of sp³-hybridized carbons (Fsp3) is 0.234. The molecule has 0 bridgehead atoms. The van der Waals surface area contributed by atoms with Crippen LogP contribution < -0.4 is 71.1 Å². The predicted octanol–water partition coefficient (Wildman–Crippen LogP) is 13.8. The topological polar surface area (TPSA) is 359 Å². The third-order valence-electron chi connectivity index (χ3n) is 26.0. The molecule has 14 heterocycles. The molecule has 2 amide bonds. The number of carbonyl (C=O) groups is 2. The predicted molar refractivity (Wildman–Crippen MR) is 581 cm³/mol. The van der Waals surface area contributed by atoms with Crippen molar-refractivity contribution in [3.05, 3.63) is 373 Å². The van der Waals surface area contributed by atoms with Crippen LogP contribution in [0, 0.1) is 0 Å². The summed E-state index contributed by atoms with van der Waals surface area (Å²) >= 11 is 1.56. The van der Waals surface area contributed by atoms with Gasteiger partial charge >= 0.3 is 0 Å². The van der Waals surface area contributed by atoms with E-state index >= 15 is 0 Å². The molecule has 736 valence electrons. The number of hydrogen-bond donors (Lipinski definition) is 7. The van der Waals surface area contributed by atoms with Crippen LogP contribution in [-0.4, -0.2) is 182 Å². The van der Waals surface area contributed by atoms with Crippen molar-refractivity contribution in [1.29, 1.82) is 0 Å². The van der Waals surface area contributed by atoms with Gasteiger partial charge in [0.1, 0.15) is 0 Å². The maximum Gasteiger partial charge on any atom is 0.258 e. The van der Waals surface area contributed by atoms with Crippen LogP contribution in [0.1, 0.15) is 44.7 Å². The fourth-order valence-electron chi connectivity index (χ4n) is 17.8. The molecular formula is C111H115N21O11S. The van der Waals surface area contributed by atoms with Crippen LogP contribution >= 0.6 is 11.3 Å². The van der Waals surface area contributed by atoms with Gasteiger partial charge in [-0.1, -0.05) is 60.7 Å². The van der Waals surface area contributed by atoms with Gasteiger partial charge in [-0.25, -0.2) is 15.0 Å². The monoisotopic (exact) mass is 1950 g/mol. The van der Waals surface area contributed by atoms with E-state index in [2.05, 4.69) is 97.5 Å². The normalized spacial score (nSPS) is 12.9. The summed E-state index contributed by atoms with van der Waals surface area (Å²) in [5, 5.41) is 26.2. The van der Waals surface area contributed by atoms with Crippen molar-refractivity contribution in [3.63, 3.8) is 0 Å². The molecule has 2 fully saturated rings. The van der Waals surface area contributed by atoms with Gasteiger partial charge < -0.3 is 82.7 Å². The molecule has 0 unspecified atom stereocenters.